The van der Waals surface area contributed by atoms with Gasteiger partial charge in [-0.05, 0) is 25.1 Å². The van der Waals surface area contributed by atoms with Gasteiger partial charge in [0.05, 0.1) is 10.0 Å². The molecule has 1 amide bonds. The van der Waals surface area contributed by atoms with Crippen LogP contribution in [0.2, 0.25) is 10.0 Å². The molecule has 0 saturated carbocycles. The molecule has 4 rings (SSSR count). The van der Waals surface area contributed by atoms with E-state index in [4.69, 9.17) is 32.5 Å². The number of aromatic nitrogens is 1. The van der Waals surface area contributed by atoms with Gasteiger partial charge in [0.1, 0.15) is 17.0 Å². The predicted molar refractivity (Wildman–Crippen MR) is 99.9 cm³/mol. The molecular weight excluding hydrogens is 391 g/mol. The van der Waals surface area contributed by atoms with Gasteiger partial charge in [-0.25, -0.2) is 4.79 Å². The van der Waals surface area contributed by atoms with Crippen LogP contribution in [0.3, 0.4) is 0 Å². The number of ether oxygens (including phenoxy) is 1. The normalized spacial score (nSPS) is 15.4. The minimum atomic E-state index is -1.06. The van der Waals surface area contributed by atoms with Crippen molar-refractivity contribution < 1.29 is 18.8 Å². The van der Waals surface area contributed by atoms with Crippen molar-refractivity contribution in [1.82, 2.24) is 5.16 Å². The van der Waals surface area contributed by atoms with Gasteiger partial charge < -0.3 is 14.6 Å². The van der Waals surface area contributed by atoms with Crippen LogP contribution in [0.1, 0.15) is 27.8 Å². The van der Waals surface area contributed by atoms with Crippen molar-refractivity contribution in [3.63, 3.8) is 0 Å². The number of benzene rings is 2. The molecule has 2 aromatic carbocycles. The van der Waals surface area contributed by atoms with Gasteiger partial charge in [-0.3, -0.25) is 4.79 Å². The molecule has 0 aliphatic carbocycles. The SMILES string of the molecule is Cc1onc(-c2c(Cl)cccc2Cl)c1C(=O)O[C@H]1C(=O)Nc2ccccc21. The maximum Gasteiger partial charge on any atom is 0.345 e. The minimum absolute atomic E-state index is 0.0715. The van der Waals surface area contributed by atoms with E-state index in [9.17, 15) is 9.59 Å². The van der Waals surface area contributed by atoms with Crippen molar-refractivity contribution >= 4 is 40.8 Å². The number of hydrogen-bond donors (Lipinski definition) is 1. The Balaban J connectivity index is 1.72. The highest BCUT2D eigenvalue weighted by Gasteiger charge is 2.36. The molecule has 1 aliphatic rings. The number of esters is 1. The lowest BCUT2D eigenvalue weighted by atomic mass is 10.1. The van der Waals surface area contributed by atoms with E-state index in [1.54, 1.807) is 49.4 Å². The third-order valence-corrected chi connectivity index (χ3v) is 4.86. The molecule has 27 heavy (non-hydrogen) atoms. The summed E-state index contributed by atoms with van der Waals surface area (Å²) in [4.78, 5) is 25.1. The maximum atomic E-state index is 12.9. The Morgan fingerprint density at radius 3 is 2.59 bits per heavy atom. The van der Waals surface area contributed by atoms with Gasteiger partial charge >= 0.3 is 5.97 Å². The van der Waals surface area contributed by atoms with Gasteiger partial charge in [-0.1, -0.05) is 52.6 Å². The quantitative estimate of drug-likeness (QED) is 0.635. The number of rotatable bonds is 3. The summed E-state index contributed by atoms with van der Waals surface area (Å²) >= 11 is 12.5. The largest absolute Gasteiger partial charge is 0.443 e. The first-order valence-corrected chi connectivity index (χ1v) is 8.74. The van der Waals surface area contributed by atoms with E-state index < -0.39 is 18.0 Å². The number of fused-ring (bicyclic) bond motifs is 1. The number of nitrogens with zero attached hydrogens (tertiary/aromatic N) is 1. The summed E-state index contributed by atoms with van der Waals surface area (Å²) in [5.74, 6) is -0.940. The molecule has 0 fully saturated rings. The first kappa shape index (κ1) is 17.6. The summed E-state index contributed by atoms with van der Waals surface area (Å²) < 4.78 is 10.7. The molecule has 0 bridgehead atoms. The van der Waals surface area contributed by atoms with Crippen molar-refractivity contribution in [3.8, 4) is 11.3 Å². The number of para-hydroxylation sites is 1. The molecule has 0 spiro atoms. The van der Waals surface area contributed by atoms with Gasteiger partial charge in [-0.2, -0.15) is 0 Å². The second-order valence-corrected chi connectivity index (χ2v) is 6.74. The predicted octanol–water partition coefficient (Wildman–Crippen LogP) is 4.81. The number of aryl methyl sites for hydroxylation is 1. The Kier molecular flexibility index (Phi) is 4.37. The smallest absolute Gasteiger partial charge is 0.345 e. The van der Waals surface area contributed by atoms with Crippen LogP contribution in [0.4, 0.5) is 5.69 Å². The number of anilines is 1. The van der Waals surface area contributed by atoms with Gasteiger partial charge in [-0.15, -0.1) is 0 Å². The van der Waals surface area contributed by atoms with E-state index in [-0.39, 0.29) is 17.0 Å². The van der Waals surface area contributed by atoms with Crippen molar-refractivity contribution in [2.24, 2.45) is 0 Å². The molecular formula is C19H12Cl2N2O4. The van der Waals surface area contributed by atoms with E-state index in [1.165, 1.54) is 0 Å². The second kappa shape index (κ2) is 6.72. The van der Waals surface area contributed by atoms with Crippen LogP contribution in [0.5, 0.6) is 0 Å². The molecule has 2 heterocycles. The third kappa shape index (κ3) is 2.97. The summed E-state index contributed by atoms with van der Waals surface area (Å²) in [7, 11) is 0. The highest BCUT2D eigenvalue weighted by atomic mass is 35.5. The van der Waals surface area contributed by atoms with Crippen LogP contribution in [-0.2, 0) is 9.53 Å². The van der Waals surface area contributed by atoms with E-state index in [1.807, 2.05) is 0 Å². The van der Waals surface area contributed by atoms with Crippen LogP contribution < -0.4 is 5.32 Å². The molecule has 1 N–H and O–H groups in total. The third-order valence-electron chi connectivity index (χ3n) is 4.23. The molecule has 136 valence electrons. The topological polar surface area (TPSA) is 81.4 Å². The molecule has 0 unspecified atom stereocenters. The lowest BCUT2D eigenvalue weighted by molar-refractivity contribution is -0.124. The molecule has 1 aromatic heterocycles. The van der Waals surface area contributed by atoms with Crippen LogP contribution >= 0.6 is 23.2 Å². The highest BCUT2D eigenvalue weighted by Crippen LogP contribution is 2.38. The second-order valence-electron chi connectivity index (χ2n) is 5.92. The standard InChI is InChI=1S/C19H12Cl2N2O4/c1-9-14(16(23-27-9)15-11(20)6-4-7-12(15)21)19(25)26-17-10-5-2-3-8-13(10)22-18(17)24/h2-8,17H,1H3,(H,22,24)/t17-/m1/s1. The fourth-order valence-corrected chi connectivity index (χ4v) is 3.55. The van der Waals surface area contributed by atoms with Crippen LogP contribution in [-0.4, -0.2) is 17.0 Å². The fourth-order valence-electron chi connectivity index (χ4n) is 2.97. The van der Waals surface area contributed by atoms with Gasteiger partial charge in [0.2, 0.25) is 6.10 Å². The summed E-state index contributed by atoms with van der Waals surface area (Å²) in [5.41, 5.74) is 1.79. The highest BCUT2D eigenvalue weighted by molar-refractivity contribution is 6.39. The molecule has 6 nitrogen and oxygen atoms in total. The van der Waals surface area contributed by atoms with Crippen molar-refractivity contribution in [2.75, 3.05) is 5.32 Å². The van der Waals surface area contributed by atoms with Crippen LogP contribution in [0.25, 0.3) is 11.3 Å². The first-order chi connectivity index (χ1) is 13.0. The van der Waals surface area contributed by atoms with E-state index in [2.05, 4.69) is 10.5 Å². The zero-order valence-electron chi connectivity index (χ0n) is 14.0. The van der Waals surface area contributed by atoms with E-state index >= 15 is 0 Å². The van der Waals surface area contributed by atoms with Crippen LogP contribution in [0.15, 0.2) is 47.0 Å². The monoisotopic (exact) mass is 402 g/mol. The summed E-state index contributed by atoms with van der Waals surface area (Å²) in [6.45, 7) is 1.57. The van der Waals surface area contributed by atoms with Crippen molar-refractivity contribution in [2.45, 2.75) is 13.0 Å². The summed E-state index contributed by atoms with van der Waals surface area (Å²) in [5, 5.41) is 7.23. The average molecular weight is 403 g/mol. The van der Waals surface area contributed by atoms with Gasteiger partial charge in [0.15, 0.2) is 0 Å². The molecule has 0 saturated heterocycles. The Morgan fingerprint density at radius 2 is 1.85 bits per heavy atom. The zero-order valence-corrected chi connectivity index (χ0v) is 15.5. The number of carbonyl (C=O) groups is 2. The number of hydrogen-bond acceptors (Lipinski definition) is 5. The van der Waals surface area contributed by atoms with Crippen molar-refractivity contribution in [1.29, 1.82) is 0 Å². The fraction of sp³-hybridized carbons (Fsp3) is 0.105. The molecule has 1 atom stereocenters. The molecule has 0 radical (unpaired) electrons. The maximum absolute atomic E-state index is 12.9. The van der Waals surface area contributed by atoms with Gasteiger partial charge in [0.25, 0.3) is 5.91 Å². The molecule has 8 heteroatoms. The van der Waals surface area contributed by atoms with Gasteiger partial charge in [0, 0.05) is 16.8 Å². The Labute approximate surface area is 164 Å². The van der Waals surface area contributed by atoms with Crippen LogP contribution in [0, 0.1) is 6.92 Å². The lowest BCUT2D eigenvalue weighted by Gasteiger charge is -2.11. The molecule has 3 aromatic rings. The molecule has 1 aliphatic heterocycles. The number of halogens is 2. The average Bonchev–Trinajstić information content (AvgIpc) is 3.15. The minimum Gasteiger partial charge on any atom is -0.443 e. The summed E-state index contributed by atoms with van der Waals surface area (Å²) in [6, 6.07) is 11.9. The Bertz CT molecular complexity index is 1060. The van der Waals surface area contributed by atoms with E-state index in [0.29, 0.717) is 26.9 Å². The first-order valence-electron chi connectivity index (χ1n) is 7.99. The number of carbonyl (C=O) groups excluding carboxylic acids is 2. The number of amides is 1. The van der Waals surface area contributed by atoms with Crippen molar-refractivity contribution in [3.05, 3.63) is 69.4 Å². The summed E-state index contributed by atoms with van der Waals surface area (Å²) in [6.07, 6.45) is -1.06. The Morgan fingerprint density at radius 1 is 1.15 bits per heavy atom. The lowest BCUT2D eigenvalue weighted by Crippen LogP contribution is -2.19. The van der Waals surface area contributed by atoms with E-state index in [0.717, 1.165) is 0 Å². The number of nitrogens with one attached hydrogen (secondary N) is 1. The Hall–Kier alpha value is -2.83. The zero-order chi connectivity index (χ0) is 19.1.